The molecule has 0 aliphatic carbocycles. The summed E-state index contributed by atoms with van der Waals surface area (Å²) in [5, 5.41) is 0. The third kappa shape index (κ3) is 5.81. The van der Waals surface area contributed by atoms with E-state index in [4.69, 9.17) is 18.9 Å². The summed E-state index contributed by atoms with van der Waals surface area (Å²) in [7, 11) is 7.44. The molecule has 26 heavy (non-hydrogen) atoms. The summed E-state index contributed by atoms with van der Waals surface area (Å²) < 4.78 is 20.4. The summed E-state index contributed by atoms with van der Waals surface area (Å²) in [6, 6.07) is 2.88. The Morgan fingerprint density at radius 1 is 0.923 bits per heavy atom. The maximum atomic E-state index is 12.2. The molecule has 1 aromatic rings. The second-order valence-corrected chi connectivity index (χ2v) is 5.20. The van der Waals surface area contributed by atoms with Crippen molar-refractivity contribution in [2.75, 3.05) is 48.6 Å². The number of nitrogens with one attached hydrogen (secondary N) is 2. The zero-order chi connectivity index (χ0) is 19.7. The molecule has 0 unspecified atom stereocenters. The van der Waals surface area contributed by atoms with Crippen molar-refractivity contribution in [2.45, 2.75) is 0 Å². The highest BCUT2D eigenvalue weighted by Gasteiger charge is 2.17. The molecule has 0 saturated heterocycles. The maximum Gasteiger partial charge on any atom is 0.269 e. The van der Waals surface area contributed by atoms with Crippen LogP contribution < -0.4 is 25.1 Å². The lowest BCUT2D eigenvalue weighted by Gasteiger charge is -2.14. The van der Waals surface area contributed by atoms with E-state index in [9.17, 15) is 14.4 Å². The quantitative estimate of drug-likeness (QED) is 0.598. The van der Waals surface area contributed by atoms with Gasteiger partial charge in [0, 0.05) is 19.7 Å². The SMILES string of the molecule is COc1cc(C(=O)NNC(=O)COCC(=O)N(C)C)cc(OC)c1OC. The minimum absolute atomic E-state index is 0.184. The Morgan fingerprint density at radius 3 is 1.96 bits per heavy atom. The van der Waals surface area contributed by atoms with Crippen molar-refractivity contribution in [3.8, 4) is 17.2 Å². The topological polar surface area (TPSA) is 115 Å². The first-order valence-electron chi connectivity index (χ1n) is 7.51. The molecule has 1 rings (SSSR count). The van der Waals surface area contributed by atoms with E-state index < -0.39 is 11.8 Å². The Balaban J connectivity index is 2.62. The summed E-state index contributed by atoms with van der Waals surface area (Å²) in [4.78, 5) is 36.5. The van der Waals surface area contributed by atoms with Gasteiger partial charge in [-0.05, 0) is 12.1 Å². The minimum atomic E-state index is -0.614. The number of carbonyl (C=O) groups excluding carboxylic acids is 3. The van der Waals surface area contributed by atoms with Crippen molar-refractivity contribution >= 4 is 17.7 Å². The number of carbonyl (C=O) groups is 3. The Morgan fingerprint density at radius 2 is 1.50 bits per heavy atom. The average Bonchev–Trinajstić information content (AvgIpc) is 2.64. The monoisotopic (exact) mass is 369 g/mol. The van der Waals surface area contributed by atoms with Crippen LogP contribution in [0.15, 0.2) is 12.1 Å². The number of nitrogens with zero attached hydrogens (tertiary/aromatic N) is 1. The van der Waals surface area contributed by atoms with Gasteiger partial charge in [-0.15, -0.1) is 0 Å². The van der Waals surface area contributed by atoms with Crippen LogP contribution in [0.4, 0.5) is 0 Å². The Kier molecular flexibility index (Phi) is 8.16. The van der Waals surface area contributed by atoms with Crippen LogP contribution >= 0.6 is 0 Å². The zero-order valence-electron chi connectivity index (χ0n) is 15.4. The maximum absolute atomic E-state index is 12.2. The van der Waals surface area contributed by atoms with Crippen molar-refractivity contribution in [1.82, 2.24) is 15.8 Å². The van der Waals surface area contributed by atoms with Gasteiger partial charge in [-0.1, -0.05) is 0 Å². The van der Waals surface area contributed by atoms with E-state index in [0.717, 1.165) is 0 Å². The number of hydrogen-bond donors (Lipinski definition) is 2. The lowest BCUT2D eigenvalue weighted by Crippen LogP contribution is -2.43. The normalized spacial score (nSPS) is 9.88. The van der Waals surface area contributed by atoms with Crippen LogP contribution in [-0.2, 0) is 14.3 Å². The van der Waals surface area contributed by atoms with E-state index in [0.29, 0.717) is 17.2 Å². The summed E-state index contributed by atoms with van der Waals surface area (Å²) in [6.07, 6.45) is 0. The van der Waals surface area contributed by atoms with E-state index in [1.165, 1.54) is 38.4 Å². The largest absolute Gasteiger partial charge is 0.493 e. The molecular formula is C16H23N3O7. The van der Waals surface area contributed by atoms with Gasteiger partial charge in [0.05, 0.1) is 21.3 Å². The van der Waals surface area contributed by atoms with Crippen LogP contribution in [0, 0.1) is 0 Å². The number of likely N-dealkylation sites (N-methyl/N-ethyl adjacent to an activating group) is 1. The highest BCUT2D eigenvalue weighted by molar-refractivity contribution is 5.96. The predicted octanol–water partition coefficient (Wildman–Crippen LogP) is -0.422. The number of ether oxygens (including phenoxy) is 4. The van der Waals surface area contributed by atoms with E-state index in [-0.39, 0.29) is 24.7 Å². The first kappa shape index (κ1) is 21.0. The lowest BCUT2D eigenvalue weighted by molar-refractivity contribution is -0.136. The molecule has 0 aliphatic rings. The summed E-state index contributed by atoms with van der Waals surface area (Å²) >= 11 is 0. The molecule has 10 heteroatoms. The van der Waals surface area contributed by atoms with Gasteiger partial charge in [0.1, 0.15) is 13.2 Å². The first-order valence-corrected chi connectivity index (χ1v) is 7.51. The molecule has 0 aliphatic heterocycles. The number of hydrogen-bond acceptors (Lipinski definition) is 7. The van der Waals surface area contributed by atoms with E-state index >= 15 is 0 Å². The summed E-state index contributed by atoms with van der Waals surface area (Å²) in [5.41, 5.74) is 4.60. The molecular weight excluding hydrogens is 346 g/mol. The van der Waals surface area contributed by atoms with Gasteiger partial charge < -0.3 is 23.8 Å². The van der Waals surface area contributed by atoms with Gasteiger partial charge in [0.2, 0.25) is 11.7 Å². The van der Waals surface area contributed by atoms with Gasteiger partial charge in [-0.2, -0.15) is 0 Å². The molecule has 10 nitrogen and oxygen atoms in total. The Bertz CT molecular complexity index is 636. The fourth-order valence-electron chi connectivity index (χ4n) is 1.81. The molecule has 0 heterocycles. The van der Waals surface area contributed by atoms with E-state index in [2.05, 4.69) is 10.9 Å². The number of methoxy groups -OCH3 is 3. The van der Waals surface area contributed by atoms with Crippen LogP contribution in [0.2, 0.25) is 0 Å². The molecule has 3 amide bonds. The number of amides is 3. The summed E-state index contributed by atoms with van der Waals surface area (Å²) in [6.45, 7) is -0.615. The van der Waals surface area contributed by atoms with E-state index in [1.54, 1.807) is 14.1 Å². The van der Waals surface area contributed by atoms with Gasteiger partial charge in [0.15, 0.2) is 11.5 Å². The number of benzene rings is 1. The lowest BCUT2D eigenvalue weighted by atomic mass is 10.1. The fourth-order valence-corrected chi connectivity index (χ4v) is 1.81. The average molecular weight is 369 g/mol. The van der Waals surface area contributed by atoms with Crippen LogP contribution in [0.1, 0.15) is 10.4 Å². The van der Waals surface area contributed by atoms with Crippen molar-refractivity contribution in [1.29, 1.82) is 0 Å². The van der Waals surface area contributed by atoms with Crippen LogP contribution in [0.25, 0.3) is 0 Å². The van der Waals surface area contributed by atoms with Gasteiger partial charge in [-0.25, -0.2) is 0 Å². The van der Waals surface area contributed by atoms with Crippen LogP contribution in [0.5, 0.6) is 17.2 Å². The van der Waals surface area contributed by atoms with Crippen LogP contribution in [0.3, 0.4) is 0 Å². The van der Waals surface area contributed by atoms with Crippen molar-refractivity contribution < 1.29 is 33.3 Å². The molecule has 0 aromatic heterocycles. The van der Waals surface area contributed by atoms with E-state index in [1.807, 2.05) is 0 Å². The van der Waals surface area contributed by atoms with Gasteiger partial charge >= 0.3 is 0 Å². The highest BCUT2D eigenvalue weighted by Crippen LogP contribution is 2.38. The first-order chi connectivity index (χ1) is 12.3. The van der Waals surface area contributed by atoms with Crippen molar-refractivity contribution in [3.05, 3.63) is 17.7 Å². The Hall–Kier alpha value is -3.01. The standard InChI is InChI=1S/C16H23N3O7/c1-19(2)14(21)9-26-8-13(20)17-18-16(22)10-6-11(23-3)15(25-5)12(7-10)24-4/h6-7H,8-9H2,1-5H3,(H,17,20)(H,18,22). The van der Waals surface area contributed by atoms with Crippen LogP contribution in [-0.4, -0.2) is 71.3 Å². The minimum Gasteiger partial charge on any atom is -0.493 e. The molecule has 0 saturated carbocycles. The molecule has 0 radical (unpaired) electrons. The molecule has 0 spiro atoms. The third-order valence-electron chi connectivity index (χ3n) is 3.20. The zero-order valence-corrected chi connectivity index (χ0v) is 15.4. The summed E-state index contributed by atoms with van der Waals surface area (Å²) in [5.74, 6) is -0.546. The number of hydrazine groups is 1. The molecule has 0 atom stereocenters. The number of rotatable bonds is 8. The molecule has 0 bridgehead atoms. The van der Waals surface area contributed by atoms with Crippen molar-refractivity contribution in [3.63, 3.8) is 0 Å². The molecule has 144 valence electrons. The van der Waals surface area contributed by atoms with Crippen molar-refractivity contribution in [2.24, 2.45) is 0 Å². The Labute approximate surface area is 151 Å². The smallest absolute Gasteiger partial charge is 0.269 e. The molecule has 0 fully saturated rings. The highest BCUT2D eigenvalue weighted by atomic mass is 16.5. The molecule has 2 N–H and O–H groups in total. The van der Waals surface area contributed by atoms with Gasteiger partial charge in [-0.3, -0.25) is 25.2 Å². The third-order valence-corrected chi connectivity index (χ3v) is 3.20. The second-order valence-electron chi connectivity index (χ2n) is 5.20. The fraction of sp³-hybridized carbons (Fsp3) is 0.438. The predicted molar refractivity (Wildman–Crippen MR) is 91.2 cm³/mol. The molecule has 1 aromatic carbocycles. The second kappa shape index (κ2) is 10.1. The van der Waals surface area contributed by atoms with Gasteiger partial charge in [0.25, 0.3) is 11.8 Å².